The van der Waals surface area contributed by atoms with Crippen LogP contribution in [-0.2, 0) is 9.84 Å². The summed E-state index contributed by atoms with van der Waals surface area (Å²) in [5, 5.41) is 10.9. The number of hydrogen-bond acceptors (Lipinski definition) is 4. The summed E-state index contributed by atoms with van der Waals surface area (Å²) in [7, 11) is -3.27. The monoisotopic (exact) mass is 341 g/mol. The summed E-state index contributed by atoms with van der Waals surface area (Å²) in [4.78, 5) is 0.329. The van der Waals surface area contributed by atoms with Crippen LogP contribution in [0.25, 0.3) is 22.2 Å². The molecule has 2 aromatic carbocycles. The topological polar surface area (TPSA) is 74.8 Å². The number of anilines is 1. The highest BCUT2D eigenvalue weighted by Crippen LogP contribution is 2.29. The van der Waals surface area contributed by atoms with Crippen LogP contribution < -0.4 is 5.32 Å². The molecule has 24 heavy (non-hydrogen) atoms. The lowest BCUT2D eigenvalue weighted by molar-refractivity contribution is 0.587. The van der Waals surface area contributed by atoms with E-state index in [1.54, 1.807) is 44.3 Å². The van der Waals surface area contributed by atoms with Gasteiger partial charge in [-0.1, -0.05) is 18.7 Å². The fourth-order valence-electron chi connectivity index (χ4n) is 2.52. The minimum atomic E-state index is -3.27. The Labute approximate surface area is 141 Å². The number of nitrogens with zero attached hydrogens (tertiary/aromatic N) is 1. The molecule has 2 N–H and O–H groups in total. The molecule has 6 heteroatoms. The van der Waals surface area contributed by atoms with Crippen LogP contribution in [0.3, 0.4) is 0 Å². The van der Waals surface area contributed by atoms with E-state index in [2.05, 4.69) is 22.1 Å². The summed E-state index contributed by atoms with van der Waals surface area (Å²) < 4.78 is 24.4. The van der Waals surface area contributed by atoms with Crippen LogP contribution in [0.2, 0.25) is 0 Å². The quantitative estimate of drug-likeness (QED) is 0.736. The molecular formula is C18H19N3O2S. The van der Waals surface area contributed by atoms with Gasteiger partial charge in [-0.05, 0) is 50.4 Å². The molecule has 0 radical (unpaired) electrons. The number of nitrogens with one attached hydrogen (secondary N) is 2. The predicted molar refractivity (Wildman–Crippen MR) is 97.7 cm³/mol. The van der Waals surface area contributed by atoms with Crippen molar-refractivity contribution in [1.82, 2.24) is 10.2 Å². The highest BCUT2D eigenvalue weighted by atomic mass is 32.2. The zero-order valence-corrected chi connectivity index (χ0v) is 14.4. The second kappa shape index (κ2) is 6.13. The van der Waals surface area contributed by atoms with Crippen molar-refractivity contribution in [2.24, 2.45) is 0 Å². The Bertz CT molecular complexity index is 987. The van der Waals surface area contributed by atoms with E-state index in [4.69, 9.17) is 0 Å². The van der Waals surface area contributed by atoms with Crippen LogP contribution in [0.4, 0.5) is 5.69 Å². The number of sulfone groups is 1. The normalized spacial score (nSPS) is 11.8. The van der Waals surface area contributed by atoms with E-state index >= 15 is 0 Å². The molecule has 0 spiro atoms. The molecule has 3 rings (SSSR count). The number of fused-ring (bicyclic) bond motifs is 1. The van der Waals surface area contributed by atoms with E-state index < -0.39 is 15.1 Å². The van der Waals surface area contributed by atoms with Gasteiger partial charge >= 0.3 is 0 Å². The molecule has 0 saturated carbocycles. The Balaban J connectivity index is 2.05. The molecule has 0 amide bonds. The first-order valence-electron chi connectivity index (χ1n) is 7.63. The van der Waals surface area contributed by atoms with Crippen molar-refractivity contribution in [2.45, 2.75) is 24.0 Å². The standard InChI is InChI=1S/C18H19N3O2S/c1-4-19-14-7-10-17-16(11-14)18(21-20-17)13-5-8-15(9-6-13)24(22,23)12(2)3/h4-12,19H,1H2,2-3H3,(H,20,21). The Morgan fingerprint density at radius 2 is 1.88 bits per heavy atom. The average Bonchev–Trinajstić information content (AvgIpc) is 2.98. The summed E-state index contributed by atoms with van der Waals surface area (Å²) in [6.45, 7) is 7.02. The summed E-state index contributed by atoms with van der Waals surface area (Å²) in [6, 6.07) is 12.7. The third-order valence-electron chi connectivity index (χ3n) is 3.91. The van der Waals surface area contributed by atoms with Crippen molar-refractivity contribution in [2.75, 3.05) is 5.32 Å². The smallest absolute Gasteiger partial charge is 0.180 e. The number of hydrogen-bond donors (Lipinski definition) is 2. The van der Waals surface area contributed by atoms with Gasteiger partial charge in [0.15, 0.2) is 9.84 Å². The lowest BCUT2D eigenvalue weighted by Crippen LogP contribution is -2.13. The lowest BCUT2D eigenvalue weighted by atomic mass is 10.1. The summed E-state index contributed by atoms with van der Waals surface area (Å²) >= 11 is 0. The second-order valence-electron chi connectivity index (χ2n) is 5.80. The fourth-order valence-corrected chi connectivity index (χ4v) is 3.58. The minimum absolute atomic E-state index is 0.329. The zero-order valence-electron chi connectivity index (χ0n) is 13.6. The van der Waals surface area contributed by atoms with E-state index in [1.165, 1.54) is 0 Å². The van der Waals surface area contributed by atoms with E-state index in [0.717, 1.165) is 27.8 Å². The van der Waals surface area contributed by atoms with E-state index in [0.29, 0.717) is 4.90 Å². The van der Waals surface area contributed by atoms with Crippen molar-refractivity contribution in [1.29, 1.82) is 0 Å². The van der Waals surface area contributed by atoms with Gasteiger partial charge in [-0.25, -0.2) is 8.42 Å². The van der Waals surface area contributed by atoms with Gasteiger partial charge in [0.2, 0.25) is 0 Å². The summed E-state index contributed by atoms with van der Waals surface area (Å²) in [5.74, 6) is 0. The van der Waals surface area contributed by atoms with Gasteiger partial charge in [0.05, 0.1) is 21.4 Å². The molecule has 0 aliphatic heterocycles. The Hall–Kier alpha value is -2.60. The molecule has 0 aliphatic rings. The van der Waals surface area contributed by atoms with Gasteiger partial charge in [-0.3, -0.25) is 5.10 Å². The Kier molecular flexibility index (Phi) is 4.15. The van der Waals surface area contributed by atoms with Gasteiger partial charge in [-0.15, -0.1) is 0 Å². The van der Waals surface area contributed by atoms with Gasteiger partial charge in [-0.2, -0.15) is 5.10 Å². The lowest BCUT2D eigenvalue weighted by Gasteiger charge is -2.08. The summed E-state index contributed by atoms with van der Waals surface area (Å²) in [5.41, 5.74) is 3.48. The van der Waals surface area contributed by atoms with Crippen LogP contribution in [0.1, 0.15) is 13.8 Å². The predicted octanol–water partition coefficient (Wildman–Crippen LogP) is 3.97. The Morgan fingerprint density at radius 3 is 2.50 bits per heavy atom. The second-order valence-corrected chi connectivity index (χ2v) is 8.30. The van der Waals surface area contributed by atoms with Gasteiger partial charge < -0.3 is 5.32 Å². The maximum Gasteiger partial charge on any atom is 0.180 e. The van der Waals surface area contributed by atoms with Crippen molar-refractivity contribution >= 4 is 26.4 Å². The van der Waals surface area contributed by atoms with E-state index in [9.17, 15) is 8.42 Å². The molecule has 0 fully saturated rings. The Morgan fingerprint density at radius 1 is 1.17 bits per heavy atom. The van der Waals surface area contributed by atoms with E-state index in [-0.39, 0.29) is 0 Å². The maximum atomic E-state index is 12.2. The van der Waals surface area contributed by atoms with Gasteiger partial charge in [0.1, 0.15) is 0 Å². The molecule has 0 atom stereocenters. The first kappa shape index (κ1) is 16.3. The van der Waals surface area contributed by atoms with Crippen LogP contribution in [0.15, 0.2) is 60.1 Å². The van der Waals surface area contributed by atoms with Crippen molar-refractivity contribution in [3.8, 4) is 11.3 Å². The molecule has 1 aromatic heterocycles. The number of rotatable bonds is 5. The molecule has 5 nitrogen and oxygen atoms in total. The van der Waals surface area contributed by atoms with Crippen LogP contribution >= 0.6 is 0 Å². The third kappa shape index (κ3) is 2.80. The minimum Gasteiger partial charge on any atom is -0.362 e. The van der Waals surface area contributed by atoms with Crippen molar-refractivity contribution < 1.29 is 8.42 Å². The molecule has 1 heterocycles. The molecule has 0 bridgehead atoms. The van der Waals surface area contributed by atoms with Crippen molar-refractivity contribution in [3.05, 3.63) is 55.2 Å². The van der Waals surface area contributed by atoms with Crippen LogP contribution in [0, 0.1) is 0 Å². The molecule has 124 valence electrons. The number of aromatic amines is 1. The zero-order chi connectivity index (χ0) is 17.3. The maximum absolute atomic E-state index is 12.2. The molecule has 3 aromatic rings. The van der Waals surface area contributed by atoms with Crippen LogP contribution in [0.5, 0.6) is 0 Å². The SMILES string of the molecule is C=CNc1ccc2[nH]nc(-c3ccc(S(=O)(=O)C(C)C)cc3)c2c1. The first-order valence-corrected chi connectivity index (χ1v) is 9.18. The molecule has 0 unspecified atom stereocenters. The number of H-pyrrole nitrogens is 1. The molecule has 0 saturated heterocycles. The average molecular weight is 341 g/mol. The largest absolute Gasteiger partial charge is 0.362 e. The highest BCUT2D eigenvalue weighted by molar-refractivity contribution is 7.92. The highest BCUT2D eigenvalue weighted by Gasteiger charge is 2.19. The van der Waals surface area contributed by atoms with Gasteiger partial charge in [0.25, 0.3) is 0 Å². The van der Waals surface area contributed by atoms with Crippen LogP contribution in [-0.4, -0.2) is 23.9 Å². The van der Waals surface area contributed by atoms with Crippen molar-refractivity contribution in [3.63, 3.8) is 0 Å². The molecule has 0 aliphatic carbocycles. The third-order valence-corrected chi connectivity index (χ3v) is 6.08. The van der Waals surface area contributed by atoms with E-state index in [1.807, 2.05) is 18.2 Å². The number of benzene rings is 2. The number of aromatic nitrogens is 2. The fraction of sp³-hybridized carbons (Fsp3) is 0.167. The first-order chi connectivity index (χ1) is 11.4. The molecular weight excluding hydrogens is 322 g/mol. The van der Waals surface area contributed by atoms with Gasteiger partial charge in [0, 0.05) is 16.6 Å². The summed E-state index contributed by atoms with van der Waals surface area (Å²) in [6.07, 6.45) is 1.62.